The molecule has 4 nitrogen and oxygen atoms in total. The Bertz CT molecular complexity index is 452. The van der Waals surface area contributed by atoms with E-state index in [1.165, 1.54) is 0 Å². The minimum atomic E-state index is -3.58. The Morgan fingerprint density at radius 1 is 1.33 bits per heavy atom. The fourth-order valence-electron chi connectivity index (χ4n) is 1.36. The van der Waals surface area contributed by atoms with Crippen molar-refractivity contribution in [3.05, 3.63) is 29.3 Å². The Kier molecular flexibility index (Phi) is 3.49. The zero-order valence-electron chi connectivity index (χ0n) is 9.19. The maximum absolute atomic E-state index is 11.1. The van der Waals surface area contributed by atoms with E-state index in [2.05, 4.69) is 0 Å². The van der Waals surface area contributed by atoms with Crippen LogP contribution in [-0.4, -0.2) is 27.4 Å². The van der Waals surface area contributed by atoms with Crippen LogP contribution in [0.5, 0.6) is 0 Å². The Hall–Kier alpha value is -0.910. The molecule has 0 radical (unpaired) electrons. The molecule has 84 valence electrons. The van der Waals surface area contributed by atoms with Gasteiger partial charge in [0.05, 0.1) is 4.90 Å². The first-order chi connectivity index (χ1) is 6.80. The van der Waals surface area contributed by atoms with Crippen LogP contribution in [0, 0.1) is 6.92 Å². The SMILES string of the molecule is Cc1cc(S(N)(=O)=O)ccc1CN(C)C. The lowest BCUT2D eigenvalue weighted by molar-refractivity contribution is 0.401. The van der Waals surface area contributed by atoms with Gasteiger partial charge >= 0.3 is 0 Å². The van der Waals surface area contributed by atoms with E-state index in [0.29, 0.717) is 0 Å². The highest BCUT2D eigenvalue weighted by molar-refractivity contribution is 7.89. The zero-order valence-corrected chi connectivity index (χ0v) is 10.0. The number of hydrogen-bond donors (Lipinski definition) is 1. The van der Waals surface area contributed by atoms with Crippen molar-refractivity contribution in [2.45, 2.75) is 18.4 Å². The third kappa shape index (κ3) is 3.30. The molecule has 5 heteroatoms. The van der Waals surface area contributed by atoms with Crippen molar-refractivity contribution in [2.24, 2.45) is 5.14 Å². The number of primary sulfonamides is 1. The van der Waals surface area contributed by atoms with Gasteiger partial charge in [-0.05, 0) is 44.3 Å². The number of hydrogen-bond acceptors (Lipinski definition) is 3. The second kappa shape index (κ2) is 4.30. The standard InChI is InChI=1S/C10H16N2O2S/c1-8-6-10(15(11,13)14)5-4-9(8)7-12(2)3/h4-6H,7H2,1-3H3,(H2,11,13,14). The molecule has 1 aromatic carbocycles. The average Bonchev–Trinajstić information content (AvgIpc) is 2.05. The summed E-state index contributed by atoms with van der Waals surface area (Å²) in [6.45, 7) is 2.67. The van der Waals surface area contributed by atoms with E-state index in [-0.39, 0.29) is 4.90 Å². The average molecular weight is 228 g/mol. The Balaban J connectivity index is 3.09. The summed E-state index contributed by atoms with van der Waals surface area (Å²) in [5.41, 5.74) is 2.04. The van der Waals surface area contributed by atoms with Crippen LogP contribution in [0.25, 0.3) is 0 Å². The molecule has 0 atom stereocenters. The molecule has 0 unspecified atom stereocenters. The monoisotopic (exact) mass is 228 g/mol. The molecule has 15 heavy (non-hydrogen) atoms. The number of aryl methyl sites for hydroxylation is 1. The number of sulfonamides is 1. The molecule has 0 heterocycles. The zero-order chi connectivity index (χ0) is 11.6. The van der Waals surface area contributed by atoms with E-state index in [9.17, 15) is 8.42 Å². The fraction of sp³-hybridized carbons (Fsp3) is 0.400. The minimum Gasteiger partial charge on any atom is -0.305 e. The maximum Gasteiger partial charge on any atom is 0.238 e. The van der Waals surface area contributed by atoms with Crippen LogP contribution in [0.3, 0.4) is 0 Å². The second-order valence-electron chi connectivity index (χ2n) is 3.87. The van der Waals surface area contributed by atoms with E-state index in [1.54, 1.807) is 18.2 Å². The predicted octanol–water partition coefficient (Wildman–Crippen LogP) is 0.704. The predicted molar refractivity (Wildman–Crippen MR) is 59.9 cm³/mol. The van der Waals surface area contributed by atoms with Gasteiger partial charge in [-0.15, -0.1) is 0 Å². The summed E-state index contributed by atoms with van der Waals surface area (Å²) in [7, 11) is 0.346. The summed E-state index contributed by atoms with van der Waals surface area (Å²) < 4.78 is 22.2. The Labute approximate surface area is 90.8 Å². The summed E-state index contributed by atoms with van der Waals surface area (Å²) in [5.74, 6) is 0. The highest BCUT2D eigenvalue weighted by Gasteiger charge is 2.09. The smallest absolute Gasteiger partial charge is 0.238 e. The van der Waals surface area contributed by atoms with Crippen LogP contribution in [0.4, 0.5) is 0 Å². The van der Waals surface area contributed by atoms with Crippen LogP contribution in [0.15, 0.2) is 23.1 Å². The Morgan fingerprint density at radius 3 is 2.33 bits per heavy atom. The molecule has 0 aliphatic carbocycles. The fourth-order valence-corrected chi connectivity index (χ4v) is 1.96. The van der Waals surface area contributed by atoms with Gasteiger partial charge in [-0.25, -0.2) is 13.6 Å². The van der Waals surface area contributed by atoms with E-state index in [4.69, 9.17) is 5.14 Å². The molecular weight excluding hydrogens is 212 g/mol. The molecule has 0 aromatic heterocycles. The molecule has 0 bridgehead atoms. The first-order valence-electron chi connectivity index (χ1n) is 4.58. The number of nitrogens with zero attached hydrogens (tertiary/aromatic N) is 1. The largest absolute Gasteiger partial charge is 0.305 e. The first kappa shape index (κ1) is 12.2. The van der Waals surface area contributed by atoms with Gasteiger partial charge in [0, 0.05) is 6.54 Å². The summed E-state index contributed by atoms with van der Waals surface area (Å²) in [4.78, 5) is 2.20. The van der Waals surface area contributed by atoms with Crippen molar-refractivity contribution >= 4 is 10.0 Å². The van der Waals surface area contributed by atoms with Gasteiger partial charge in [0.1, 0.15) is 0 Å². The third-order valence-electron chi connectivity index (χ3n) is 2.13. The van der Waals surface area contributed by atoms with Crippen LogP contribution in [0.2, 0.25) is 0 Å². The number of benzene rings is 1. The van der Waals surface area contributed by atoms with Crippen LogP contribution in [-0.2, 0) is 16.6 Å². The van der Waals surface area contributed by atoms with Gasteiger partial charge in [0.2, 0.25) is 10.0 Å². The van der Waals surface area contributed by atoms with Crippen molar-refractivity contribution in [3.63, 3.8) is 0 Å². The Morgan fingerprint density at radius 2 is 1.93 bits per heavy atom. The molecular formula is C10H16N2O2S. The van der Waals surface area contributed by atoms with Crippen molar-refractivity contribution in [2.75, 3.05) is 14.1 Å². The third-order valence-corrected chi connectivity index (χ3v) is 3.04. The van der Waals surface area contributed by atoms with Crippen LogP contribution >= 0.6 is 0 Å². The van der Waals surface area contributed by atoms with Crippen molar-refractivity contribution in [1.82, 2.24) is 4.90 Å². The summed E-state index contributed by atoms with van der Waals surface area (Å²) in [6, 6.07) is 4.95. The lowest BCUT2D eigenvalue weighted by Gasteiger charge is -2.12. The van der Waals surface area contributed by atoms with Gasteiger partial charge in [0.15, 0.2) is 0 Å². The maximum atomic E-state index is 11.1. The van der Waals surface area contributed by atoms with Crippen molar-refractivity contribution in [1.29, 1.82) is 0 Å². The van der Waals surface area contributed by atoms with Gasteiger partial charge in [-0.2, -0.15) is 0 Å². The van der Waals surface area contributed by atoms with Crippen LogP contribution in [0.1, 0.15) is 11.1 Å². The molecule has 0 spiro atoms. The quantitative estimate of drug-likeness (QED) is 0.828. The summed E-state index contributed by atoms with van der Waals surface area (Å²) in [5, 5.41) is 5.04. The van der Waals surface area contributed by atoms with E-state index >= 15 is 0 Å². The lowest BCUT2D eigenvalue weighted by atomic mass is 10.1. The van der Waals surface area contributed by atoms with E-state index in [0.717, 1.165) is 17.7 Å². The topological polar surface area (TPSA) is 63.4 Å². The van der Waals surface area contributed by atoms with Gasteiger partial charge < -0.3 is 4.90 Å². The molecule has 2 N–H and O–H groups in total. The molecule has 0 saturated carbocycles. The normalized spacial score (nSPS) is 12.1. The summed E-state index contributed by atoms with van der Waals surface area (Å²) >= 11 is 0. The van der Waals surface area contributed by atoms with Gasteiger partial charge in [-0.1, -0.05) is 6.07 Å². The second-order valence-corrected chi connectivity index (χ2v) is 5.43. The first-order valence-corrected chi connectivity index (χ1v) is 6.12. The minimum absolute atomic E-state index is 0.169. The van der Waals surface area contributed by atoms with Gasteiger partial charge in [-0.3, -0.25) is 0 Å². The number of nitrogens with two attached hydrogens (primary N) is 1. The van der Waals surface area contributed by atoms with Crippen LogP contribution < -0.4 is 5.14 Å². The lowest BCUT2D eigenvalue weighted by Crippen LogP contribution is -2.14. The van der Waals surface area contributed by atoms with Crippen molar-refractivity contribution < 1.29 is 8.42 Å². The molecule has 0 amide bonds. The highest BCUT2D eigenvalue weighted by atomic mass is 32.2. The van der Waals surface area contributed by atoms with Gasteiger partial charge in [0.25, 0.3) is 0 Å². The molecule has 0 saturated heterocycles. The van der Waals surface area contributed by atoms with E-state index < -0.39 is 10.0 Å². The van der Waals surface area contributed by atoms with Crippen molar-refractivity contribution in [3.8, 4) is 0 Å². The van der Waals surface area contributed by atoms with E-state index in [1.807, 2.05) is 25.9 Å². The number of rotatable bonds is 3. The summed E-state index contributed by atoms with van der Waals surface area (Å²) in [6.07, 6.45) is 0. The molecule has 1 aromatic rings. The molecule has 1 rings (SSSR count). The highest BCUT2D eigenvalue weighted by Crippen LogP contribution is 2.15. The molecule has 0 aliphatic heterocycles. The molecule has 0 aliphatic rings. The molecule has 0 fully saturated rings.